The summed E-state index contributed by atoms with van der Waals surface area (Å²) in [5, 5.41) is 3.73. The van der Waals surface area contributed by atoms with Crippen molar-refractivity contribution in [1.82, 2.24) is 10.2 Å². The highest BCUT2D eigenvalue weighted by Gasteiger charge is 2.15. The summed E-state index contributed by atoms with van der Waals surface area (Å²) in [5.41, 5.74) is 1.04. The molecule has 0 aliphatic rings. The maximum absolute atomic E-state index is 12.2. The van der Waals surface area contributed by atoms with Gasteiger partial charge in [-0.15, -0.1) is 0 Å². The molecule has 0 radical (unpaired) electrons. The van der Waals surface area contributed by atoms with Crippen LogP contribution in [-0.2, 0) is 4.79 Å². The Bertz CT molecular complexity index is 630. The molecule has 1 amide bonds. The van der Waals surface area contributed by atoms with Crippen LogP contribution in [0.5, 0.6) is 5.75 Å². The molecule has 2 aromatic rings. The average Bonchev–Trinajstić information content (AvgIpc) is 2.58. The highest BCUT2D eigenvalue weighted by molar-refractivity contribution is 6.30. The second kappa shape index (κ2) is 9.30. The first-order valence-corrected chi connectivity index (χ1v) is 8.30. The summed E-state index contributed by atoms with van der Waals surface area (Å²) in [6.45, 7) is 0.864. The third-order valence-electron chi connectivity index (χ3n) is 3.59. The Morgan fingerprint density at radius 2 is 1.79 bits per heavy atom. The van der Waals surface area contributed by atoms with E-state index in [0.717, 1.165) is 18.5 Å². The van der Waals surface area contributed by atoms with Gasteiger partial charge < -0.3 is 15.0 Å². The monoisotopic (exact) mass is 346 g/mol. The molecule has 24 heavy (non-hydrogen) atoms. The number of amides is 1. The molecule has 5 heteroatoms. The van der Waals surface area contributed by atoms with E-state index in [1.807, 2.05) is 68.7 Å². The van der Waals surface area contributed by atoms with Gasteiger partial charge in [-0.05, 0) is 56.9 Å². The van der Waals surface area contributed by atoms with E-state index in [4.69, 9.17) is 16.3 Å². The van der Waals surface area contributed by atoms with E-state index in [2.05, 4.69) is 10.2 Å². The molecule has 1 atom stereocenters. The van der Waals surface area contributed by atoms with E-state index in [0.29, 0.717) is 10.8 Å². The molecule has 4 nitrogen and oxygen atoms in total. The van der Waals surface area contributed by atoms with Crippen molar-refractivity contribution >= 4 is 17.5 Å². The Kier molecular flexibility index (Phi) is 7.09. The molecule has 0 saturated heterocycles. The summed E-state index contributed by atoms with van der Waals surface area (Å²) in [7, 11) is 4.03. The van der Waals surface area contributed by atoms with Gasteiger partial charge in [0.05, 0.1) is 6.04 Å². The molecule has 0 heterocycles. The van der Waals surface area contributed by atoms with Crippen LogP contribution in [0.4, 0.5) is 0 Å². The SMILES string of the molecule is CN(C)CCC(NC(=O)COc1ccccc1)c1ccc(Cl)cc1. The highest BCUT2D eigenvalue weighted by Crippen LogP contribution is 2.20. The molecule has 0 saturated carbocycles. The van der Waals surface area contributed by atoms with Crippen LogP contribution in [0, 0.1) is 0 Å². The van der Waals surface area contributed by atoms with E-state index in [1.54, 1.807) is 0 Å². The number of nitrogens with one attached hydrogen (secondary N) is 1. The molecule has 0 fully saturated rings. The molecule has 0 aliphatic heterocycles. The minimum atomic E-state index is -0.141. The van der Waals surface area contributed by atoms with E-state index < -0.39 is 0 Å². The average molecular weight is 347 g/mol. The van der Waals surface area contributed by atoms with E-state index in [-0.39, 0.29) is 18.6 Å². The molecular weight excluding hydrogens is 324 g/mol. The van der Waals surface area contributed by atoms with Gasteiger partial charge in [0, 0.05) is 5.02 Å². The summed E-state index contributed by atoms with van der Waals surface area (Å²) in [5.74, 6) is 0.543. The Labute approximate surface area is 148 Å². The summed E-state index contributed by atoms with van der Waals surface area (Å²) in [6.07, 6.45) is 0.811. The van der Waals surface area contributed by atoms with Gasteiger partial charge in [-0.2, -0.15) is 0 Å². The molecule has 0 bridgehead atoms. The topological polar surface area (TPSA) is 41.6 Å². The molecule has 1 N–H and O–H groups in total. The van der Waals surface area contributed by atoms with Gasteiger partial charge in [-0.25, -0.2) is 0 Å². The lowest BCUT2D eigenvalue weighted by molar-refractivity contribution is -0.123. The minimum absolute atomic E-state index is 0.00390. The van der Waals surface area contributed by atoms with Crippen molar-refractivity contribution in [3.05, 3.63) is 65.2 Å². The van der Waals surface area contributed by atoms with Crippen LogP contribution >= 0.6 is 11.6 Å². The Morgan fingerprint density at radius 3 is 2.42 bits per heavy atom. The second-order valence-corrected chi connectivity index (χ2v) is 6.30. The first-order valence-electron chi connectivity index (χ1n) is 7.92. The van der Waals surface area contributed by atoms with Gasteiger partial charge in [0.2, 0.25) is 0 Å². The van der Waals surface area contributed by atoms with Crippen LogP contribution in [0.3, 0.4) is 0 Å². The first-order chi connectivity index (χ1) is 11.5. The van der Waals surface area contributed by atoms with Crippen molar-refractivity contribution in [2.75, 3.05) is 27.2 Å². The molecule has 2 aromatic carbocycles. The summed E-state index contributed by atoms with van der Waals surface area (Å²) >= 11 is 5.95. The second-order valence-electron chi connectivity index (χ2n) is 5.87. The maximum atomic E-state index is 12.2. The standard InChI is InChI=1S/C19H23ClN2O2/c1-22(2)13-12-18(15-8-10-16(20)11-9-15)21-19(23)14-24-17-6-4-3-5-7-17/h3-11,18H,12-14H2,1-2H3,(H,21,23). The zero-order chi connectivity index (χ0) is 17.4. The third kappa shape index (κ3) is 6.22. The molecule has 0 spiro atoms. The number of ether oxygens (including phenoxy) is 1. The minimum Gasteiger partial charge on any atom is -0.484 e. The molecular formula is C19H23ClN2O2. The van der Waals surface area contributed by atoms with Crippen LogP contribution in [0.25, 0.3) is 0 Å². The quantitative estimate of drug-likeness (QED) is 0.795. The van der Waals surface area contributed by atoms with Crippen molar-refractivity contribution in [1.29, 1.82) is 0 Å². The number of hydrogen-bond acceptors (Lipinski definition) is 3. The highest BCUT2D eigenvalue weighted by atomic mass is 35.5. The first kappa shape index (κ1) is 18.3. The Hall–Kier alpha value is -2.04. The van der Waals surface area contributed by atoms with Crippen molar-refractivity contribution in [2.24, 2.45) is 0 Å². The fourth-order valence-electron chi connectivity index (χ4n) is 2.31. The Balaban J connectivity index is 1.96. The predicted molar refractivity (Wildman–Crippen MR) is 97.4 cm³/mol. The zero-order valence-electron chi connectivity index (χ0n) is 14.0. The van der Waals surface area contributed by atoms with Gasteiger partial charge in [0.15, 0.2) is 6.61 Å². The van der Waals surface area contributed by atoms with Crippen molar-refractivity contribution < 1.29 is 9.53 Å². The van der Waals surface area contributed by atoms with Crippen LogP contribution in [0.15, 0.2) is 54.6 Å². The predicted octanol–water partition coefficient (Wildman–Crippen LogP) is 3.53. The fourth-order valence-corrected chi connectivity index (χ4v) is 2.43. The lowest BCUT2D eigenvalue weighted by Crippen LogP contribution is -2.34. The molecule has 128 valence electrons. The summed E-state index contributed by atoms with van der Waals surface area (Å²) in [6, 6.07) is 16.8. The molecule has 1 unspecified atom stereocenters. The summed E-state index contributed by atoms with van der Waals surface area (Å²) in [4.78, 5) is 14.3. The molecule has 0 aliphatic carbocycles. The third-order valence-corrected chi connectivity index (χ3v) is 3.84. The number of hydrogen-bond donors (Lipinski definition) is 1. The number of halogens is 1. The number of carbonyl (C=O) groups is 1. The van der Waals surface area contributed by atoms with Crippen LogP contribution in [0.2, 0.25) is 5.02 Å². The van der Waals surface area contributed by atoms with Gasteiger partial charge in [0.25, 0.3) is 5.91 Å². The lowest BCUT2D eigenvalue weighted by Gasteiger charge is -2.21. The number of benzene rings is 2. The van der Waals surface area contributed by atoms with Gasteiger partial charge in [-0.1, -0.05) is 41.9 Å². The van der Waals surface area contributed by atoms with Crippen molar-refractivity contribution in [2.45, 2.75) is 12.5 Å². The number of nitrogens with zero attached hydrogens (tertiary/aromatic N) is 1. The van der Waals surface area contributed by atoms with Gasteiger partial charge in [-0.3, -0.25) is 4.79 Å². The van der Waals surface area contributed by atoms with Crippen LogP contribution in [-0.4, -0.2) is 38.1 Å². The number of carbonyl (C=O) groups excluding carboxylic acids is 1. The number of rotatable bonds is 8. The Morgan fingerprint density at radius 1 is 1.12 bits per heavy atom. The van der Waals surface area contributed by atoms with E-state index >= 15 is 0 Å². The normalized spacial score (nSPS) is 12.0. The van der Waals surface area contributed by atoms with Crippen LogP contribution < -0.4 is 10.1 Å². The summed E-state index contributed by atoms with van der Waals surface area (Å²) < 4.78 is 5.51. The van der Waals surface area contributed by atoms with Gasteiger partial charge >= 0.3 is 0 Å². The van der Waals surface area contributed by atoms with E-state index in [1.165, 1.54) is 0 Å². The molecule has 0 aromatic heterocycles. The van der Waals surface area contributed by atoms with Crippen molar-refractivity contribution in [3.8, 4) is 5.75 Å². The fraction of sp³-hybridized carbons (Fsp3) is 0.316. The number of para-hydroxylation sites is 1. The van der Waals surface area contributed by atoms with Gasteiger partial charge in [0.1, 0.15) is 5.75 Å². The van der Waals surface area contributed by atoms with Crippen molar-refractivity contribution in [3.63, 3.8) is 0 Å². The largest absolute Gasteiger partial charge is 0.484 e. The smallest absolute Gasteiger partial charge is 0.258 e. The maximum Gasteiger partial charge on any atom is 0.258 e. The van der Waals surface area contributed by atoms with Crippen LogP contribution in [0.1, 0.15) is 18.0 Å². The van der Waals surface area contributed by atoms with E-state index in [9.17, 15) is 4.79 Å². The zero-order valence-corrected chi connectivity index (χ0v) is 14.8. The lowest BCUT2D eigenvalue weighted by atomic mass is 10.0. The molecule has 2 rings (SSSR count).